The summed E-state index contributed by atoms with van der Waals surface area (Å²) < 4.78 is 1.95. The molecule has 4 rings (SSSR count). The molecule has 2 N–H and O–H groups in total. The number of nitrogens with zero attached hydrogens (tertiary/aromatic N) is 3. The highest BCUT2D eigenvalue weighted by Crippen LogP contribution is 2.25. The highest BCUT2D eigenvalue weighted by molar-refractivity contribution is 5.92. The Bertz CT molecular complexity index is 595. The van der Waals surface area contributed by atoms with Gasteiger partial charge in [0.1, 0.15) is 5.69 Å². The predicted octanol–water partition coefficient (Wildman–Crippen LogP) is 2.58. The standard InChI is InChI=1S/C21H35N5O/c27-21(20-8-13-23-26(20)19-6-11-22-12-7-19)24-18-9-14-25(15-10-18)16-17-4-2-1-3-5-17/h8,13,17-19,22H,1-7,9-12,14-16H2,(H,24,27). The number of hydrogen-bond acceptors (Lipinski definition) is 4. The van der Waals surface area contributed by atoms with Gasteiger partial charge < -0.3 is 15.5 Å². The van der Waals surface area contributed by atoms with Crippen LogP contribution in [0.2, 0.25) is 0 Å². The Morgan fingerprint density at radius 2 is 1.81 bits per heavy atom. The summed E-state index contributed by atoms with van der Waals surface area (Å²) in [6.45, 7) is 5.52. The normalized spacial score (nSPS) is 24.1. The fourth-order valence-corrected chi connectivity index (χ4v) is 5.09. The van der Waals surface area contributed by atoms with E-state index in [9.17, 15) is 4.79 Å². The van der Waals surface area contributed by atoms with E-state index in [-0.39, 0.29) is 5.91 Å². The Labute approximate surface area is 163 Å². The molecule has 3 aliphatic rings. The Morgan fingerprint density at radius 1 is 1.07 bits per heavy atom. The Kier molecular flexibility index (Phi) is 6.45. The Balaban J connectivity index is 1.25. The molecule has 2 aliphatic heterocycles. The quantitative estimate of drug-likeness (QED) is 0.833. The highest BCUT2D eigenvalue weighted by Gasteiger charge is 2.26. The van der Waals surface area contributed by atoms with Crippen LogP contribution >= 0.6 is 0 Å². The third kappa shape index (κ3) is 4.91. The van der Waals surface area contributed by atoms with Crippen molar-refractivity contribution >= 4 is 5.91 Å². The lowest BCUT2D eigenvalue weighted by Gasteiger charge is -2.35. The molecular weight excluding hydrogens is 338 g/mol. The van der Waals surface area contributed by atoms with Crippen LogP contribution in [-0.4, -0.2) is 59.4 Å². The zero-order valence-electron chi connectivity index (χ0n) is 16.5. The van der Waals surface area contributed by atoms with Crippen LogP contribution in [0.3, 0.4) is 0 Å². The van der Waals surface area contributed by atoms with Gasteiger partial charge in [0.2, 0.25) is 0 Å². The SMILES string of the molecule is O=C(NC1CCN(CC2CCCCC2)CC1)c1ccnn1C1CCNCC1. The summed E-state index contributed by atoms with van der Waals surface area (Å²) in [6, 6.07) is 2.52. The van der Waals surface area contributed by atoms with Crippen LogP contribution in [0.15, 0.2) is 12.3 Å². The molecule has 1 aliphatic carbocycles. The van der Waals surface area contributed by atoms with Crippen molar-refractivity contribution in [2.75, 3.05) is 32.7 Å². The summed E-state index contributed by atoms with van der Waals surface area (Å²) in [6.07, 6.45) is 13.1. The highest BCUT2D eigenvalue weighted by atomic mass is 16.2. The first kappa shape index (κ1) is 18.9. The molecule has 27 heavy (non-hydrogen) atoms. The van der Waals surface area contributed by atoms with Gasteiger partial charge in [-0.15, -0.1) is 0 Å². The maximum absolute atomic E-state index is 12.8. The summed E-state index contributed by atoms with van der Waals surface area (Å²) in [5, 5.41) is 11.1. The second-order valence-corrected chi connectivity index (χ2v) is 8.69. The minimum absolute atomic E-state index is 0.0526. The maximum Gasteiger partial charge on any atom is 0.269 e. The number of hydrogen-bond donors (Lipinski definition) is 2. The van der Waals surface area contributed by atoms with E-state index < -0.39 is 0 Å². The van der Waals surface area contributed by atoms with Gasteiger partial charge in [-0.25, -0.2) is 0 Å². The van der Waals surface area contributed by atoms with E-state index in [1.165, 1.54) is 38.6 Å². The van der Waals surface area contributed by atoms with Crippen LogP contribution in [0.25, 0.3) is 0 Å². The third-order valence-electron chi connectivity index (χ3n) is 6.72. The van der Waals surface area contributed by atoms with Crippen molar-refractivity contribution in [3.63, 3.8) is 0 Å². The van der Waals surface area contributed by atoms with Crippen LogP contribution in [0.1, 0.15) is 74.3 Å². The minimum Gasteiger partial charge on any atom is -0.348 e. The lowest BCUT2D eigenvalue weighted by atomic mass is 9.88. The number of carbonyl (C=O) groups excluding carboxylic acids is 1. The summed E-state index contributed by atoms with van der Waals surface area (Å²) in [7, 11) is 0. The van der Waals surface area contributed by atoms with Gasteiger partial charge in [-0.1, -0.05) is 19.3 Å². The molecule has 0 radical (unpaired) electrons. The zero-order valence-corrected chi connectivity index (χ0v) is 16.5. The lowest BCUT2D eigenvalue weighted by molar-refractivity contribution is 0.0886. The number of aromatic nitrogens is 2. The molecule has 0 aromatic carbocycles. The smallest absolute Gasteiger partial charge is 0.269 e. The van der Waals surface area contributed by atoms with Crippen molar-refractivity contribution in [3.8, 4) is 0 Å². The lowest BCUT2D eigenvalue weighted by Crippen LogP contribution is -2.46. The molecule has 6 heteroatoms. The van der Waals surface area contributed by atoms with E-state index in [4.69, 9.17) is 0 Å². The van der Waals surface area contributed by atoms with Crippen molar-refractivity contribution in [3.05, 3.63) is 18.0 Å². The summed E-state index contributed by atoms with van der Waals surface area (Å²) >= 11 is 0. The average Bonchev–Trinajstić information content (AvgIpc) is 3.21. The van der Waals surface area contributed by atoms with E-state index in [1.807, 2.05) is 10.7 Å². The Hall–Kier alpha value is -1.40. The predicted molar refractivity (Wildman–Crippen MR) is 107 cm³/mol. The van der Waals surface area contributed by atoms with Gasteiger partial charge in [0.15, 0.2) is 0 Å². The summed E-state index contributed by atoms with van der Waals surface area (Å²) in [5.41, 5.74) is 0.728. The molecule has 0 bridgehead atoms. The van der Waals surface area contributed by atoms with Crippen LogP contribution in [0.4, 0.5) is 0 Å². The second kappa shape index (κ2) is 9.20. The number of amides is 1. The molecule has 1 amide bonds. The van der Waals surface area contributed by atoms with Gasteiger partial charge in [-0.05, 0) is 63.6 Å². The van der Waals surface area contributed by atoms with Crippen LogP contribution in [0.5, 0.6) is 0 Å². The van der Waals surface area contributed by atoms with Crippen LogP contribution < -0.4 is 10.6 Å². The average molecular weight is 374 g/mol. The van der Waals surface area contributed by atoms with E-state index in [0.29, 0.717) is 12.1 Å². The first-order chi connectivity index (χ1) is 13.3. The molecule has 2 saturated heterocycles. The maximum atomic E-state index is 12.8. The van der Waals surface area contributed by atoms with Gasteiger partial charge in [-0.2, -0.15) is 5.10 Å². The van der Waals surface area contributed by atoms with Gasteiger partial charge in [-0.3, -0.25) is 9.48 Å². The van der Waals surface area contributed by atoms with Gasteiger partial charge >= 0.3 is 0 Å². The van der Waals surface area contributed by atoms with Gasteiger partial charge in [0.05, 0.1) is 6.04 Å². The van der Waals surface area contributed by atoms with Crippen molar-refractivity contribution < 1.29 is 4.79 Å². The largest absolute Gasteiger partial charge is 0.348 e. The minimum atomic E-state index is 0.0526. The zero-order chi connectivity index (χ0) is 18.5. The van der Waals surface area contributed by atoms with Crippen molar-refractivity contribution in [1.29, 1.82) is 0 Å². The summed E-state index contributed by atoms with van der Waals surface area (Å²) in [5.74, 6) is 0.959. The number of rotatable bonds is 5. The first-order valence-electron chi connectivity index (χ1n) is 11.1. The van der Waals surface area contributed by atoms with Gasteiger partial charge in [0.25, 0.3) is 5.91 Å². The fraction of sp³-hybridized carbons (Fsp3) is 0.810. The van der Waals surface area contributed by atoms with E-state index in [2.05, 4.69) is 20.6 Å². The molecule has 3 fully saturated rings. The van der Waals surface area contributed by atoms with Crippen LogP contribution in [-0.2, 0) is 0 Å². The fourth-order valence-electron chi connectivity index (χ4n) is 5.09. The number of piperidine rings is 2. The first-order valence-corrected chi connectivity index (χ1v) is 11.1. The van der Waals surface area contributed by atoms with Gasteiger partial charge in [0, 0.05) is 31.9 Å². The Morgan fingerprint density at radius 3 is 2.56 bits per heavy atom. The van der Waals surface area contributed by atoms with E-state index >= 15 is 0 Å². The third-order valence-corrected chi connectivity index (χ3v) is 6.72. The topological polar surface area (TPSA) is 62.2 Å². The monoisotopic (exact) mass is 373 g/mol. The summed E-state index contributed by atoms with van der Waals surface area (Å²) in [4.78, 5) is 15.5. The second-order valence-electron chi connectivity index (χ2n) is 8.69. The van der Waals surface area contributed by atoms with Crippen molar-refractivity contribution in [2.45, 2.75) is 69.9 Å². The van der Waals surface area contributed by atoms with Crippen molar-refractivity contribution in [2.24, 2.45) is 5.92 Å². The number of likely N-dealkylation sites (tertiary alicyclic amines) is 1. The van der Waals surface area contributed by atoms with Crippen molar-refractivity contribution in [1.82, 2.24) is 25.3 Å². The van der Waals surface area contributed by atoms with E-state index in [0.717, 1.165) is 63.5 Å². The van der Waals surface area contributed by atoms with Crippen LogP contribution in [0, 0.1) is 5.92 Å². The molecule has 0 atom stereocenters. The molecule has 1 aromatic heterocycles. The molecule has 150 valence electrons. The molecule has 6 nitrogen and oxygen atoms in total. The number of nitrogens with one attached hydrogen (secondary N) is 2. The molecule has 0 spiro atoms. The van der Waals surface area contributed by atoms with E-state index in [1.54, 1.807) is 6.20 Å². The molecular formula is C21H35N5O. The molecule has 1 aromatic rings. The molecule has 0 unspecified atom stereocenters. The molecule has 3 heterocycles. The number of carbonyl (C=O) groups is 1. The molecule has 1 saturated carbocycles.